The van der Waals surface area contributed by atoms with Gasteiger partial charge in [0.25, 0.3) is 5.91 Å². The number of nitrogens with zero attached hydrogens (tertiary/aromatic N) is 1. The number of furan rings is 1. The Kier molecular flexibility index (Phi) is 5.53. The highest BCUT2D eigenvalue weighted by Gasteiger charge is 2.46. The lowest BCUT2D eigenvalue weighted by molar-refractivity contribution is -0.117. The molecular formula is C28H23NO6. The van der Waals surface area contributed by atoms with Gasteiger partial charge in [0.1, 0.15) is 5.75 Å². The molecule has 7 nitrogen and oxygen atoms in total. The van der Waals surface area contributed by atoms with Crippen LogP contribution in [0.2, 0.25) is 0 Å². The summed E-state index contributed by atoms with van der Waals surface area (Å²) in [6, 6.07) is 20.5. The lowest BCUT2D eigenvalue weighted by Crippen LogP contribution is -2.31. The summed E-state index contributed by atoms with van der Waals surface area (Å²) in [7, 11) is 3.02. The van der Waals surface area contributed by atoms with Crippen molar-refractivity contribution in [3.05, 3.63) is 101 Å². The van der Waals surface area contributed by atoms with E-state index in [1.807, 2.05) is 31.2 Å². The van der Waals surface area contributed by atoms with E-state index < -0.39 is 23.5 Å². The van der Waals surface area contributed by atoms with Crippen molar-refractivity contribution in [2.24, 2.45) is 0 Å². The Hall–Kier alpha value is -4.52. The molecule has 1 N–H and O–H groups in total. The predicted molar refractivity (Wildman–Crippen MR) is 131 cm³/mol. The van der Waals surface area contributed by atoms with Crippen molar-refractivity contribution < 1.29 is 28.6 Å². The molecule has 0 radical (unpaired) electrons. The monoisotopic (exact) mass is 469 g/mol. The molecule has 1 unspecified atom stereocenters. The largest absolute Gasteiger partial charge is 0.503 e. The maximum Gasteiger partial charge on any atom is 0.294 e. The number of amides is 1. The molecule has 0 saturated carbocycles. The van der Waals surface area contributed by atoms with Crippen LogP contribution in [0.15, 0.2) is 88.5 Å². The second kappa shape index (κ2) is 8.68. The number of aliphatic hydroxyl groups is 1. The van der Waals surface area contributed by atoms with Crippen LogP contribution in [0.4, 0.5) is 5.69 Å². The summed E-state index contributed by atoms with van der Waals surface area (Å²) in [5.74, 6) is -0.990. The van der Waals surface area contributed by atoms with Crippen molar-refractivity contribution in [2.75, 3.05) is 19.1 Å². The number of methoxy groups -OCH3 is 2. The molecule has 1 amide bonds. The smallest absolute Gasteiger partial charge is 0.294 e. The lowest BCUT2D eigenvalue weighted by atomic mass is 9.93. The van der Waals surface area contributed by atoms with Crippen LogP contribution in [0.3, 0.4) is 0 Å². The van der Waals surface area contributed by atoms with E-state index in [1.165, 1.54) is 19.1 Å². The van der Waals surface area contributed by atoms with E-state index in [4.69, 9.17) is 13.9 Å². The molecule has 4 aromatic rings. The highest BCUT2D eigenvalue weighted by molar-refractivity contribution is 6.21. The van der Waals surface area contributed by atoms with Gasteiger partial charge in [0.2, 0.25) is 5.78 Å². The number of aryl methyl sites for hydroxylation is 1. The molecular weight excluding hydrogens is 446 g/mol. The quantitative estimate of drug-likeness (QED) is 0.373. The first-order valence-electron chi connectivity index (χ1n) is 11.0. The van der Waals surface area contributed by atoms with Gasteiger partial charge in [0.15, 0.2) is 22.9 Å². The van der Waals surface area contributed by atoms with Crippen LogP contribution >= 0.6 is 0 Å². The van der Waals surface area contributed by atoms with Crippen molar-refractivity contribution in [3.63, 3.8) is 0 Å². The molecule has 2 heterocycles. The topological polar surface area (TPSA) is 89.2 Å². The first-order chi connectivity index (χ1) is 16.9. The summed E-state index contributed by atoms with van der Waals surface area (Å²) in [5, 5.41) is 11.7. The number of fused-ring (bicyclic) bond motifs is 1. The number of ether oxygens (including phenoxy) is 2. The van der Waals surface area contributed by atoms with E-state index in [1.54, 1.807) is 48.5 Å². The van der Waals surface area contributed by atoms with E-state index in [0.717, 1.165) is 5.56 Å². The number of carbonyl (C=O) groups excluding carboxylic acids is 2. The van der Waals surface area contributed by atoms with Gasteiger partial charge in [-0.25, -0.2) is 0 Å². The van der Waals surface area contributed by atoms with Crippen molar-refractivity contribution in [2.45, 2.75) is 13.0 Å². The third-order valence-electron chi connectivity index (χ3n) is 6.11. The van der Waals surface area contributed by atoms with Crippen LogP contribution in [0.1, 0.15) is 27.7 Å². The van der Waals surface area contributed by atoms with Crippen molar-refractivity contribution >= 4 is 28.3 Å². The normalized spacial score (nSPS) is 15.7. The molecule has 176 valence electrons. The fraction of sp³-hybridized carbons (Fsp3) is 0.143. The van der Waals surface area contributed by atoms with Crippen LogP contribution in [0, 0.1) is 6.92 Å². The SMILES string of the molecule is COc1ccccc1N1C(=O)C(O)=C(C(=O)c2cc3cccc(OC)c3o2)C1c1cccc(C)c1. The predicted octanol–water partition coefficient (Wildman–Crippen LogP) is 5.54. The fourth-order valence-electron chi connectivity index (χ4n) is 4.51. The molecule has 1 aliphatic rings. The second-order valence-electron chi connectivity index (χ2n) is 8.24. The van der Waals surface area contributed by atoms with E-state index in [9.17, 15) is 14.7 Å². The number of ketones is 1. The van der Waals surface area contributed by atoms with Gasteiger partial charge in [-0.1, -0.05) is 54.1 Å². The van der Waals surface area contributed by atoms with Crippen LogP contribution < -0.4 is 14.4 Å². The Morgan fingerprint density at radius 1 is 0.943 bits per heavy atom. The number of Topliss-reactive ketones (excluding diaryl/α,β-unsaturated/α-hetero) is 1. The molecule has 7 heteroatoms. The standard InChI is InChI=1S/C28H23NO6/c1-16-8-6-9-17(14-16)24-23(25(30)22-15-18-10-7-13-21(34-3)27(18)35-22)26(31)28(32)29(24)19-11-4-5-12-20(19)33-2/h4-15,24,31H,1-3H3. The summed E-state index contributed by atoms with van der Waals surface area (Å²) >= 11 is 0. The molecule has 0 bridgehead atoms. The number of anilines is 1. The zero-order chi connectivity index (χ0) is 24.7. The van der Waals surface area contributed by atoms with E-state index in [0.29, 0.717) is 33.7 Å². The average molecular weight is 469 g/mol. The average Bonchev–Trinajstić information content (AvgIpc) is 3.42. The number of para-hydroxylation sites is 3. The maximum atomic E-state index is 13.8. The number of benzene rings is 3. The minimum Gasteiger partial charge on any atom is -0.503 e. The van der Waals surface area contributed by atoms with Gasteiger partial charge >= 0.3 is 0 Å². The van der Waals surface area contributed by atoms with Gasteiger partial charge in [-0.3, -0.25) is 14.5 Å². The number of hydrogen-bond donors (Lipinski definition) is 1. The Labute approximate surface area is 201 Å². The van der Waals surface area contributed by atoms with Gasteiger partial charge in [-0.15, -0.1) is 0 Å². The third-order valence-corrected chi connectivity index (χ3v) is 6.11. The molecule has 1 atom stereocenters. The van der Waals surface area contributed by atoms with Crippen molar-refractivity contribution in [1.29, 1.82) is 0 Å². The van der Waals surface area contributed by atoms with Crippen LogP contribution in [0.5, 0.6) is 11.5 Å². The lowest BCUT2D eigenvalue weighted by Gasteiger charge is -2.28. The summed E-state index contributed by atoms with van der Waals surface area (Å²) in [6.45, 7) is 1.92. The van der Waals surface area contributed by atoms with Gasteiger partial charge in [0.05, 0.1) is 31.5 Å². The Morgan fingerprint density at radius 3 is 2.40 bits per heavy atom. The van der Waals surface area contributed by atoms with Crippen LogP contribution in [-0.2, 0) is 4.79 Å². The zero-order valence-electron chi connectivity index (χ0n) is 19.4. The zero-order valence-corrected chi connectivity index (χ0v) is 19.4. The van der Waals surface area contributed by atoms with Crippen LogP contribution in [-0.4, -0.2) is 31.0 Å². The van der Waals surface area contributed by atoms with Gasteiger partial charge in [-0.05, 0) is 36.8 Å². The summed E-state index contributed by atoms with van der Waals surface area (Å²) in [6.07, 6.45) is 0. The fourth-order valence-corrected chi connectivity index (χ4v) is 4.51. The van der Waals surface area contributed by atoms with Crippen LogP contribution in [0.25, 0.3) is 11.0 Å². The van der Waals surface area contributed by atoms with Crippen molar-refractivity contribution in [1.82, 2.24) is 0 Å². The molecule has 0 fully saturated rings. The molecule has 0 saturated heterocycles. The summed E-state index contributed by atoms with van der Waals surface area (Å²) in [5.41, 5.74) is 2.40. The minimum absolute atomic E-state index is 0.00150. The number of aliphatic hydroxyl groups excluding tert-OH is 1. The van der Waals surface area contributed by atoms with E-state index in [2.05, 4.69) is 0 Å². The molecule has 0 spiro atoms. The van der Waals surface area contributed by atoms with Crippen molar-refractivity contribution in [3.8, 4) is 11.5 Å². The Bertz CT molecular complexity index is 1500. The van der Waals surface area contributed by atoms with E-state index >= 15 is 0 Å². The number of hydrogen-bond acceptors (Lipinski definition) is 6. The summed E-state index contributed by atoms with van der Waals surface area (Å²) < 4.78 is 16.7. The summed E-state index contributed by atoms with van der Waals surface area (Å²) in [4.78, 5) is 28.6. The van der Waals surface area contributed by atoms with Gasteiger partial charge < -0.3 is 19.0 Å². The molecule has 1 aliphatic heterocycles. The molecule has 5 rings (SSSR count). The molecule has 3 aromatic carbocycles. The Balaban J connectivity index is 1.69. The van der Waals surface area contributed by atoms with E-state index in [-0.39, 0.29) is 11.3 Å². The first-order valence-corrected chi connectivity index (χ1v) is 11.0. The Morgan fingerprint density at radius 2 is 1.66 bits per heavy atom. The first kappa shape index (κ1) is 22.3. The van der Waals surface area contributed by atoms with Gasteiger partial charge in [0, 0.05) is 5.39 Å². The molecule has 1 aromatic heterocycles. The highest BCUT2D eigenvalue weighted by Crippen LogP contribution is 2.45. The highest BCUT2D eigenvalue weighted by atomic mass is 16.5. The minimum atomic E-state index is -0.888. The van der Waals surface area contributed by atoms with Gasteiger partial charge in [-0.2, -0.15) is 0 Å². The second-order valence-corrected chi connectivity index (χ2v) is 8.24. The number of rotatable bonds is 6. The third kappa shape index (κ3) is 3.61. The molecule has 0 aliphatic carbocycles. The number of carbonyl (C=O) groups is 2. The maximum absolute atomic E-state index is 13.8. The molecule has 35 heavy (non-hydrogen) atoms.